The Hall–Kier alpha value is -2.08. The second-order valence-electron chi connectivity index (χ2n) is 5.09. The summed E-state index contributed by atoms with van der Waals surface area (Å²) in [6, 6.07) is 5.37. The van der Waals surface area contributed by atoms with Gasteiger partial charge in [-0.2, -0.15) is 0 Å². The lowest BCUT2D eigenvalue weighted by atomic mass is 10.1. The van der Waals surface area contributed by atoms with Crippen LogP contribution in [0.5, 0.6) is 5.75 Å². The number of amides is 2. The molecule has 0 aromatic heterocycles. The smallest absolute Gasteiger partial charge is 0.244 e. The van der Waals surface area contributed by atoms with Crippen molar-refractivity contribution in [3.05, 3.63) is 29.8 Å². The molecule has 2 atom stereocenters. The zero-order chi connectivity index (χ0) is 14.7. The van der Waals surface area contributed by atoms with Crippen molar-refractivity contribution in [2.45, 2.75) is 24.9 Å². The molecule has 6 nitrogen and oxygen atoms in total. The second kappa shape index (κ2) is 5.92. The number of nitrogens with one attached hydrogen (secondary N) is 1. The van der Waals surface area contributed by atoms with Gasteiger partial charge in [-0.1, -0.05) is 12.1 Å². The third-order valence-electron chi connectivity index (χ3n) is 3.47. The second-order valence-corrected chi connectivity index (χ2v) is 5.09. The molecule has 6 heteroatoms. The minimum atomic E-state index is -0.710. The van der Waals surface area contributed by atoms with E-state index in [0.29, 0.717) is 19.4 Å². The predicted molar refractivity (Wildman–Crippen MR) is 74.0 cm³/mol. The third kappa shape index (κ3) is 3.27. The molecule has 0 radical (unpaired) electrons. The van der Waals surface area contributed by atoms with Gasteiger partial charge >= 0.3 is 0 Å². The minimum absolute atomic E-state index is 0.0739. The fraction of sp³-hybridized carbons (Fsp3) is 0.429. The van der Waals surface area contributed by atoms with Gasteiger partial charge < -0.3 is 21.1 Å². The van der Waals surface area contributed by atoms with Gasteiger partial charge in [0, 0.05) is 13.6 Å². The van der Waals surface area contributed by atoms with Crippen LogP contribution in [0.4, 0.5) is 0 Å². The Morgan fingerprint density at radius 1 is 1.50 bits per heavy atom. The molecule has 1 saturated heterocycles. The van der Waals surface area contributed by atoms with Gasteiger partial charge in [0.2, 0.25) is 11.8 Å². The molecular weight excluding hydrogens is 258 g/mol. The topological polar surface area (TPSA) is 95.7 Å². The number of hydrogen-bond donors (Lipinski definition) is 3. The fourth-order valence-corrected chi connectivity index (χ4v) is 2.21. The summed E-state index contributed by atoms with van der Waals surface area (Å²) in [5, 5.41) is 11.9. The highest BCUT2D eigenvalue weighted by Crippen LogP contribution is 2.12. The summed E-state index contributed by atoms with van der Waals surface area (Å²) in [6.45, 7) is 0.650. The Morgan fingerprint density at radius 3 is 2.70 bits per heavy atom. The molecule has 20 heavy (non-hydrogen) atoms. The van der Waals surface area contributed by atoms with Crippen LogP contribution in [0.2, 0.25) is 0 Å². The number of benzene rings is 1. The van der Waals surface area contributed by atoms with Crippen LogP contribution < -0.4 is 11.1 Å². The van der Waals surface area contributed by atoms with Gasteiger partial charge in [0.1, 0.15) is 11.8 Å². The quantitative estimate of drug-likeness (QED) is 0.698. The van der Waals surface area contributed by atoms with E-state index in [4.69, 9.17) is 5.73 Å². The molecule has 2 rings (SSSR count). The lowest BCUT2D eigenvalue weighted by Gasteiger charge is -2.16. The average molecular weight is 277 g/mol. The number of phenolic OH excluding ortho intramolecular Hbond substituents is 1. The number of carbonyl (C=O) groups is 2. The van der Waals surface area contributed by atoms with Gasteiger partial charge in [0.15, 0.2) is 0 Å². The molecule has 108 valence electrons. The number of likely N-dealkylation sites (tertiary alicyclic amines) is 1. The maximum Gasteiger partial charge on any atom is 0.244 e. The summed E-state index contributed by atoms with van der Waals surface area (Å²) in [4.78, 5) is 25.3. The summed E-state index contributed by atoms with van der Waals surface area (Å²) in [6.07, 6.45) is 0.982. The van der Waals surface area contributed by atoms with E-state index in [2.05, 4.69) is 5.32 Å². The molecule has 1 aliphatic rings. The zero-order valence-corrected chi connectivity index (χ0v) is 11.4. The van der Waals surface area contributed by atoms with Crippen molar-refractivity contribution in [1.29, 1.82) is 0 Å². The normalized spacial score (nSPS) is 20.0. The Kier molecular flexibility index (Phi) is 4.24. The highest BCUT2D eigenvalue weighted by molar-refractivity contribution is 5.90. The number of hydrogen-bond acceptors (Lipinski definition) is 4. The van der Waals surface area contributed by atoms with E-state index in [1.807, 2.05) is 0 Å². The Labute approximate surface area is 117 Å². The van der Waals surface area contributed by atoms with Crippen LogP contribution in [-0.4, -0.2) is 47.5 Å². The average Bonchev–Trinajstić information content (AvgIpc) is 2.73. The Bertz CT molecular complexity index is 501. The maximum absolute atomic E-state index is 12.0. The van der Waals surface area contributed by atoms with Crippen molar-refractivity contribution in [2.75, 3.05) is 13.6 Å². The van der Waals surface area contributed by atoms with Gasteiger partial charge in [0.25, 0.3) is 0 Å². The van der Waals surface area contributed by atoms with Crippen LogP contribution in [0.15, 0.2) is 24.3 Å². The van der Waals surface area contributed by atoms with Gasteiger partial charge in [-0.25, -0.2) is 0 Å². The summed E-state index contributed by atoms with van der Waals surface area (Å²) in [7, 11) is 1.71. The van der Waals surface area contributed by atoms with Gasteiger partial charge in [-0.3, -0.25) is 9.59 Å². The van der Waals surface area contributed by atoms with Crippen LogP contribution in [0.3, 0.4) is 0 Å². The lowest BCUT2D eigenvalue weighted by molar-refractivity contribution is -0.132. The van der Waals surface area contributed by atoms with Gasteiger partial charge in [-0.05, 0) is 30.5 Å². The molecule has 0 saturated carbocycles. The number of phenols is 1. The summed E-state index contributed by atoms with van der Waals surface area (Å²) in [5.41, 5.74) is 6.71. The van der Waals surface area contributed by atoms with Crippen LogP contribution in [0, 0.1) is 0 Å². The molecular formula is C14H19N3O3. The van der Waals surface area contributed by atoms with Crippen molar-refractivity contribution >= 4 is 11.8 Å². The first-order valence-electron chi connectivity index (χ1n) is 6.56. The lowest BCUT2D eigenvalue weighted by Crippen LogP contribution is -2.48. The first-order valence-corrected chi connectivity index (χ1v) is 6.56. The van der Waals surface area contributed by atoms with E-state index in [9.17, 15) is 14.7 Å². The SMILES string of the molecule is CN1CCC(NC(=O)[C@@H](N)Cc2ccc(O)cc2)C1=O. The van der Waals surface area contributed by atoms with E-state index in [1.54, 1.807) is 36.2 Å². The number of rotatable bonds is 4. The van der Waals surface area contributed by atoms with Crippen LogP contribution in [0.1, 0.15) is 12.0 Å². The van der Waals surface area contributed by atoms with Crippen molar-refractivity contribution in [1.82, 2.24) is 10.2 Å². The van der Waals surface area contributed by atoms with Crippen molar-refractivity contribution < 1.29 is 14.7 Å². The largest absolute Gasteiger partial charge is 0.508 e. The molecule has 2 amide bonds. The zero-order valence-electron chi connectivity index (χ0n) is 11.4. The van der Waals surface area contributed by atoms with E-state index in [-0.39, 0.29) is 17.6 Å². The number of aromatic hydroxyl groups is 1. The van der Waals surface area contributed by atoms with Crippen molar-refractivity contribution in [2.24, 2.45) is 5.73 Å². The number of nitrogens with two attached hydrogens (primary N) is 1. The molecule has 1 fully saturated rings. The predicted octanol–water partition coefficient (Wildman–Crippen LogP) is -0.391. The molecule has 1 unspecified atom stereocenters. The molecule has 0 aliphatic carbocycles. The molecule has 1 aromatic carbocycles. The Morgan fingerprint density at radius 2 is 2.15 bits per heavy atom. The van der Waals surface area contributed by atoms with Crippen LogP contribution in [-0.2, 0) is 16.0 Å². The first-order chi connectivity index (χ1) is 9.47. The van der Waals surface area contributed by atoms with Crippen molar-refractivity contribution in [3.8, 4) is 5.75 Å². The molecule has 0 spiro atoms. The summed E-state index contributed by atoms with van der Waals surface area (Å²) >= 11 is 0. The monoisotopic (exact) mass is 277 g/mol. The number of carbonyl (C=O) groups excluding carboxylic acids is 2. The highest BCUT2D eigenvalue weighted by Gasteiger charge is 2.31. The first kappa shape index (κ1) is 14.3. The molecule has 1 heterocycles. The molecule has 1 aromatic rings. The highest BCUT2D eigenvalue weighted by atomic mass is 16.3. The van der Waals surface area contributed by atoms with Gasteiger partial charge in [0.05, 0.1) is 6.04 Å². The van der Waals surface area contributed by atoms with E-state index in [1.165, 1.54) is 0 Å². The van der Waals surface area contributed by atoms with Crippen LogP contribution in [0.25, 0.3) is 0 Å². The Balaban J connectivity index is 1.89. The van der Waals surface area contributed by atoms with Gasteiger partial charge in [-0.15, -0.1) is 0 Å². The van der Waals surface area contributed by atoms with Crippen molar-refractivity contribution in [3.63, 3.8) is 0 Å². The maximum atomic E-state index is 12.0. The molecule has 0 bridgehead atoms. The number of likely N-dealkylation sites (N-methyl/N-ethyl adjacent to an activating group) is 1. The number of nitrogens with zero attached hydrogens (tertiary/aromatic N) is 1. The summed E-state index contributed by atoms with van der Waals surface area (Å²) in [5.74, 6) is -0.228. The third-order valence-corrected chi connectivity index (χ3v) is 3.47. The molecule has 1 aliphatic heterocycles. The summed E-state index contributed by atoms with van der Waals surface area (Å²) < 4.78 is 0. The standard InChI is InChI=1S/C14H19N3O3/c1-17-7-6-12(14(17)20)16-13(19)11(15)8-9-2-4-10(18)5-3-9/h2-5,11-12,18H,6-8,15H2,1H3,(H,16,19)/t11-,12?/m0/s1. The van der Waals surface area contributed by atoms with E-state index in [0.717, 1.165) is 5.56 Å². The molecule has 4 N–H and O–H groups in total. The van der Waals surface area contributed by atoms with E-state index >= 15 is 0 Å². The van der Waals surface area contributed by atoms with E-state index < -0.39 is 12.1 Å². The fourth-order valence-electron chi connectivity index (χ4n) is 2.21. The van der Waals surface area contributed by atoms with Crippen LogP contribution >= 0.6 is 0 Å². The minimum Gasteiger partial charge on any atom is -0.508 e.